The highest BCUT2D eigenvalue weighted by Gasteiger charge is 2.27. The van der Waals surface area contributed by atoms with Crippen LogP contribution in [0.5, 0.6) is 5.75 Å². The Morgan fingerprint density at radius 2 is 1.77 bits per heavy atom. The lowest BCUT2D eigenvalue weighted by Gasteiger charge is -2.32. The quantitative estimate of drug-likeness (QED) is 0.369. The third kappa shape index (κ3) is 7.94. The van der Waals surface area contributed by atoms with Crippen molar-refractivity contribution in [2.45, 2.75) is 44.6 Å². The van der Waals surface area contributed by atoms with Crippen LogP contribution in [0.4, 0.5) is 0 Å². The van der Waals surface area contributed by atoms with E-state index in [1.807, 2.05) is 60.7 Å². The molecule has 1 aliphatic rings. The number of piperidine rings is 1. The van der Waals surface area contributed by atoms with Crippen LogP contribution in [-0.4, -0.2) is 65.8 Å². The molecule has 0 spiro atoms. The highest BCUT2D eigenvalue weighted by Crippen LogP contribution is 2.23. The third-order valence-corrected chi connectivity index (χ3v) is 7.45. The van der Waals surface area contributed by atoms with Gasteiger partial charge in [0.2, 0.25) is 11.8 Å². The number of hydrogen-bond acceptors (Lipinski definition) is 6. The first-order valence-corrected chi connectivity index (χ1v) is 13.7. The van der Waals surface area contributed by atoms with E-state index >= 15 is 0 Å². The lowest BCUT2D eigenvalue weighted by Crippen LogP contribution is -2.44. The number of nitrogens with one attached hydrogen (secondary N) is 1. The molecule has 1 unspecified atom stereocenters. The Morgan fingerprint density at radius 1 is 1.02 bits per heavy atom. The first-order valence-electron chi connectivity index (χ1n) is 13.7. The summed E-state index contributed by atoms with van der Waals surface area (Å²) in [7, 11) is 4.81. The Hall–Kier alpha value is -4.14. The third-order valence-electron chi connectivity index (χ3n) is 7.45. The second kappa shape index (κ2) is 13.8. The summed E-state index contributed by atoms with van der Waals surface area (Å²) in [6.45, 7) is 1.28. The topological polar surface area (TPSA) is 103 Å². The van der Waals surface area contributed by atoms with E-state index in [-0.39, 0.29) is 17.7 Å². The summed E-state index contributed by atoms with van der Waals surface area (Å²) in [6.07, 6.45) is 7.12. The number of aryl methyl sites for hydroxylation is 2. The number of carbonyl (C=O) groups is 3. The fourth-order valence-electron chi connectivity index (χ4n) is 5.12. The Labute approximate surface area is 235 Å². The van der Waals surface area contributed by atoms with Gasteiger partial charge in [-0.1, -0.05) is 36.4 Å². The van der Waals surface area contributed by atoms with Crippen molar-refractivity contribution in [3.8, 4) is 16.9 Å². The van der Waals surface area contributed by atoms with Crippen LogP contribution in [0, 0.1) is 5.92 Å². The van der Waals surface area contributed by atoms with Crippen molar-refractivity contribution in [2.24, 2.45) is 13.0 Å². The van der Waals surface area contributed by atoms with E-state index in [0.717, 1.165) is 40.8 Å². The van der Waals surface area contributed by atoms with E-state index in [4.69, 9.17) is 9.47 Å². The Bertz CT molecular complexity index is 1300. The molecule has 2 aromatic carbocycles. The number of aromatic nitrogens is 2. The zero-order valence-corrected chi connectivity index (χ0v) is 23.5. The predicted molar refractivity (Wildman–Crippen MR) is 152 cm³/mol. The highest BCUT2D eigenvalue weighted by molar-refractivity contribution is 5.84. The summed E-state index contributed by atoms with van der Waals surface area (Å²) in [5.41, 5.74) is 4.17. The van der Waals surface area contributed by atoms with Crippen molar-refractivity contribution in [1.29, 1.82) is 0 Å². The first-order chi connectivity index (χ1) is 19.3. The van der Waals surface area contributed by atoms with Crippen LogP contribution in [0.3, 0.4) is 0 Å². The molecular weight excluding hydrogens is 508 g/mol. The molecule has 0 saturated carbocycles. The maximum Gasteiger partial charge on any atom is 0.328 e. The number of likely N-dealkylation sites (tertiary alicyclic amines) is 1. The van der Waals surface area contributed by atoms with E-state index < -0.39 is 12.0 Å². The van der Waals surface area contributed by atoms with E-state index in [1.54, 1.807) is 11.8 Å². The molecule has 212 valence electrons. The van der Waals surface area contributed by atoms with Gasteiger partial charge in [0.25, 0.3) is 0 Å². The second-order valence-corrected chi connectivity index (χ2v) is 10.3. The van der Waals surface area contributed by atoms with Gasteiger partial charge in [0.05, 0.1) is 20.4 Å². The van der Waals surface area contributed by atoms with Gasteiger partial charge in [-0.3, -0.25) is 14.3 Å². The minimum absolute atomic E-state index is 0.139. The molecule has 40 heavy (non-hydrogen) atoms. The SMILES string of the molecule is COC(=O)C(Cc1ccc(OC)cc1)NC(=O)CC1CCN(C(=O)CCc2cccc(-c3cnn(C)c3)c2)CC1. The summed E-state index contributed by atoms with van der Waals surface area (Å²) in [5, 5.41) is 7.09. The van der Waals surface area contributed by atoms with Crippen molar-refractivity contribution in [1.82, 2.24) is 20.0 Å². The van der Waals surface area contributed by atoms with Gasteiger partial charge in [0, 0.05) is 51.2 Å². The number of esters is 1. The smallest absolute Gasteiger partial charge is 0.328 e. The molecule has 0 radical (unpaired) electrons. The summed E-state index contributed by atoms with van der Waals surface area (Å²) >= 11 is 0. The van der Waals surface area contributed by atoms with Crippen molar-refractivity contribution < 1.29 is 23.9 Å². The average Bonchev–Trinajstić information content (AvgIpc) is 3.42. The molecule has 1 atom stereocenters. The van der Waals surface area contributed by atoms with Crippen molar-refractivity contribution in [3.05, 3.63) is 72.1 Å². The van der Waals surface area contributed by atoms with Gasteiger partial charge < -0.3 is 19.7 Å². The lowest BCUT2D eigenvalue weighted by molar-refractivity contribution is -0.145. The minimum atomic E-state index is -0.760. The number of benzene rings is 2. The Morgan fingerprint density at radius 3 is 2.42 bits per heavy atom. The van der Waals surface area contributed by atoms with Gasteiger partial charge in [-0.15, -0.1) is 0 Å². The molecule has 1 saturated heterocycles. The van der Waals surface area contributed by atoms with Gasteiger partial charge in [0.1, 0.15) is 11.8 Å². The lowest BCUT2D eigenvalue weighted by atomic mass is 9.92. The van der Waals surface area contributed by atoms with Crippen LogP contribution in [0.25, 0.3) is 11.1 Å². The summed E-state index contributed by atoms with van der Waals surface area (Å²) in [6, 6.07) is 14.8. The average molecular weight is 547 g/mol. The Kier molecular flexibility index (Phi) is 9.94. The number of hydrogen-bond donors (Lipinski definition) is 1. The van der Waals surface area contributed by atoms with Crippen LogP contribution in [0.1, 0.15) is 36.8 Å². The molecule has 9 heteroatoms. The summed E-state index contributed by atoms with van der Waals surface area (Å²) in [5.74, 6) is 0.374. The van der Waals surface area contributed by atoms with Crippen LogP contribution in [-0.2, 0) is 39.0 Å². The van der Waals surface area contributed by atoms with Crippen LogP contribution in [0.2, 0.25) is 0 Å². The number of nitrogens with zero attached hydrogens (tertiary/aromatic N) is 3. The van der Waals surface area contributed by atoms with Crippen LogP contribution >= 0.6 is 0 Å². The van der Waals surface area contributed by atoms with Crippen LogP contribution < -0.4 is 10.1 Å². The molecule has 0 bridgehead atoms. The monoisotopic (exact) mass is 546 g/mol. The van der Waals surface area contributed by atoms with Crippen molar-refractivity contribution in [3.63, 3.8) is 0 Å². The van der Waals surface area contributed by atoms with Gasteiger partial charge in [-0.2, -0.15) is 5.10 Å². The van der Waals surface area contributed by atoms with E-state index in [9.17, 15) is 14.4 Å². The maximum absolute atomic E-state index is 12.9. The maximum atomic E-state index is 12.9. The fraction of sp³-hybridized carbons (Fsp3) is 0.419. The Balaban J connectivity index is 1.22. The van der Waals surface area contributed by atoms with Gasteiger partial charge in [-0.25, -0.2) is 4.79 Å². The molecule has 4 rings (SSSR count). The molecule has 1 aliphatic heterocycles. The highest BCUT2D eigenvalue weighted by atomic mass is 16.5. The van der Waals surface area contributed by atoms with E-state index in [2.05, 4.69) is 22.5 Å². The van der Waals surface area contributed by atoms with E-state index in [0.29, 0.717) is 38.8 Å². The van der Waals surface area contributed by atoms with Gasteiger partial charge in [-0.05, 0) is 54.0 Å². The van der Waals surface area contributed by atoms with E-state index in [1.165, 1.54) is 7.11 Å². The molecule has 0 aliphatic carbocycles. The number of ether oxygens (including phenoxy) is 2. The zero-order valence-electron chi connectivity index (χ0n) is 23.5. The van der Waals surface area contributed by atoms with Crippen molar-refractivity contribution >= 4 is 17.8 Å². The standard InChI is InChI=1S/C31H38N4O5/c1-34-21-26(20-32-34)25-6-4-5-22(17-25)9-12-30(37)35-15-13-24(14-16-35)19-29(36)33-28(31(38)40-3)18-23-7-10-27(39-2)11-8-23/h4-8,10-11,17,20-21,24,28H,9,12-16,18-19H2,1-3H3,(H,33,36). The summed E-state index contributed by atoms with van der Waals surface area (Å²) in [4.78, 5) is 39.9. The fourth-order valence-corrected chi connectivity index (χ4v) is 5.12. The van der Waals surface area contributed by atoms with Crippen molar-refractivity contribution in [2.75, 3.05) is 27.3 Å². The summed E-state index contributed by atoms with van der Waals surface area (Å²) < 4.78 is 11.9. The molecular formula is C31H38N4O5. The molecule has 1 aromatic heterocycles. The molecule has 9 nitrogen and oxygen atoms in total. The predicted octanol–water partition coefficient (Wildman–Crippen LogP) is 3.56. The number of rotatable bonds is 11. The zero-order chi connectivity index (χ0) is 28.5. The number of carbonyl (C=O) groups excluding carboxylic acids is 3. The minimum Gasteiger partial charge on any atom is -0.497 e. The van der Waals surface area contributed by atoms with Gasteiger partial charge >= 0.3 is 5.97 Å². The second-order valence-electron chi connectivity index (χ2n) is 10.3. The molecule has 3 aromatic rings. The van der Waals surface area contributed by atoms with Gasteiger partial charge in [0.15, 0.2) is 0 Å². The number of methoxy groups -OCH3 is 2. The normalized spacial score (nSPS) is 14.4. The molecule has 1 N–H and O–H groups in total. The molecule has 1 fully saturated rings. The first kappa shape index (κ1) is 28.9. The number of amides is 2. The van der Waals surface area contributed by atoms with Crippen LogP contribution in [0.15, 0.2) is 60.9 Å². The largest absolute Gasteiger partial charge is 0.497 e. The molecule has 2 amide bonds. The molecule has 2 heterocycles.